The highest BCUT2D eigenvalue weighted by Crippen LogP contribution is 2.24. The van der Waals surface area contributed by atoms with Gasteiger partial charge in [-0.15, -0.1) is 10.2 Å². The van der Waals surface area contributed by atoms with Gasteiger partial charge in [-0.25, -0.2) is 13.2 Å². The highest BCUT2D eigenvalue weighted by Gasteiger charge is 2.20. The third kappa shape index (κ3) is 4.37. The second-order valence-corrected chi connectivity index (χ2v) is 8.71. The van der Waals surface area contributed by atoms with Crippen LogP contribution in [-0.2, 0) is 28.4 Å². The highest BCUT2D eigenvalue weighted by atomic mass is 32.2. The van der Waals surface area contributed by atoms with Gasteiger partial charge in [0.2, 0.25) is 0 Å². The minimum Gasteiger partial charge on any atom is -0.478 e. The van der Waals surface area contributed by atoms with E-state index >= 15 is 0 Å². The molecule has 0 amide bonds. The maximum atomic E-state index is 12.5. The number of benzene rings is 2. The second-order valence-electron chi connectivity index (χ2n) is 5.78. The van der Waals surface area contributed by atoms with E-state index in [2.05, 4.69) is 10.2 Å². The molecule has 0 fully saturated rings. The van der Waals surface area contributed by atoms with Crippen LogP contribution < -0.4 is 0 Å². The molecule has 0 spiro atoms. The standard InChI is InChI=1S/C18H17N3O4S2/c1-21-16(12-27(24,25)14-8-3-2-4-9-14)19-20-18(21)26-11-13-7-5-6-10-15(13)17(22)23/h2-10H,11-12H2,1H3,(H,22,23). The Morgan fingerprint density at radius 2 is 1.74 bits per heavy atom. The predicted octanol–water partition coefficient (Wildman–Crippen LogP) is 2.78. The quantitative estimate of drug-likeness (QED) is 0.605. The van der Waals surface area contributed by atoms with Gasteiger partial charge in [-0.05, 0) is 23.8 Å². The highest BCUT2D eigenvalue weighted by molar-refractivity contribution is 7.98. The van der Waals surface area contributed by atoms with Crippen molar-refractivity contribution in [1.29, 1.82) is 0 Å². The first kappa shape index (κ1) is 19.1. The van der Waals surface area contributed by atoms with Crippen molar-refractivity contribution >= 4 is 27.6 Å². The molecule has 0 atom stereocenters. The number of nitrogens with zero attached hydrogens (tertiary/aromatic N) is 3. The Balaban J connectivity index is 1.76. The topological polar surface area (TPSA) is 102 Å². The molecule has 3 rings (SSSR count). The van der Waals surface area contributed by atoms with Crippen molar-refractivity contribution in [3.05, 3.63) is 71.5 Å². The number of carboxylic acid groups (broad SMARTS) is 1. The fourth-order valence-electron chi connectivity index (χ4n) is 2.47. The van der Waals surface area contributed by atoms with Crippen LogP contribution in [0.2, 0.25) is 0 Å². The minimum atomic E-state index is -3.52. The molecular formula is C18H17N3O4S2. The van der Waals surface area contributed by atoms with Crippen molar-refractivity contribution in [1.82, 2.24) is 14.8 Å². The first-order valence-corrected chi connectivity index (χ1v) is 10.6. The van der Waals surface area contributed by atoms with Gasteiger partial charge in [-0.1, -0.05) is 48.2 Å². The zero-order valence-corrected chi connectivity index (χ0v) is 16.1. The first-order valence-electron chi connectivity index (χ1n) is 7.98. The van der Waals surface area contributed by atoms with E-state index in [9.17, 15) is 18.3 Å². The molecule has 0 saturated heterocycles. The fraction of sp³-hybridized carbons (Fsp3) is 0.167. The normalized spacial score (nSPS) is 11.4. The molecule has 140 valence electrons. The molecule has 3 aromatic rings. The van der Waals surface area contributed by atoms with Crippen LogP contribution in [0.5, 0.6) is 0 Å². The largest absolute Gasteiger partial charge is 0.478 e. The molecule has 7 nitrogen and oxygen atoms in total. The SMILES string of the molecule is Cn1c(CS(=O)(=O)c2ccccc2)nnc1SCc1ccccc1C(=O)O. The second kappa shape index (κ2) is 7.93. The molecule has 0 unspecified atom stereocenters. The smallest absolute Gasteiger partial charge is 0.335 e. The van der Waals surface area contributed by atoms with Gasteiger partial charge in [-0.2, -0.15) is 0 Å². The van der Waals surface area contributed by atoms with Crippen LogP contribution in [0.4, 0.5) is 0 Å². The Bertz CT molecular complexity index is 1060. The summed E-state index contributed by atoms with van der Waals surface area (Å²) >= 11 is 1.31. The lowest BCUT2D eigenvalue weighted by Crippen LogP contribution is -2.09. The van der Waals surface area contributed by atoms with E-state index in [0.29, 0.717) is 22.3 Å². The summed E-state index contributed by atoms with van der Waals surface area (Å²) in [6, 6.07) is 14.9. The van der Waals surface area contributed by atoms with Crippen LogP contribution in [0.15, 0.2) is 64.6 Å². The summed E-state index contributed by atoms with van der Waals surface area (Å²) < 4.78 is 26.6. The van der Waals surface area contributed by atoms with Crippen LogP contribution in [0.1, 0.15) is 21.7 Å². The van der Waals surface area contributed by atoms with E-state index < -0.39 is 15.8 Å². The molecule has 1 N–H and O–H groups in total. The summed E-state index contributed by atoms with van der Waals surface area (Å²) in [5.74, 6) is -0.529. The van der Waals surface area contributed by atoms with Crippen LogP contribution in [-0.4, -0.2) is 34.3 Å². The third-order valence-corrected chi connectivity index (χ3v) is 6.65. The molecule has 1 heterocycles. The molecular weight excluding hydrogens is 386 g/mol. The Morgan fingerprint density at radius 3 is 2.44 bits per heavy atom. The number of thioether (sulfide) groups is 1. The maximum Gasteiger partial charge on any atom is 0.335 e. The predicted molar refractivity (Wildman–Crippen MR) is 101 cm³/mol. The van der Waals surface area contributed by atoms with Gasteiger partial charge in [0.25, 0.3) is 0 Å². The number of rotatable bonds is 7. The lowest BCUT2D eigenvalue weighted by atomic mass is 10.1. The van der Waals surface area contributed by atoms with E-state index in [4.69, 9.17) is 0 Å². The summed E-state index contributed by atoms with van der Waals surface area (Å²) in [7, 11) is -1.82. The molecule has 2 aromatic carbocycles. The molecule has 27 heavy (non-hydrogen) atoms. The van der Waals surface area contributed by atoms with E-state index in [0.717, 1.165) is 0 Å². The summed E-state index contributed by atoms with van der Waals surface area (Å²) in [5, 5.41) is 17.8. The van der Waals surface area contributed by atoms with Crippen molar-refractivity contribution < 1.29 is 18.3 Å². The van der Waals surface area contributed by atoms with Crippen molar-refractivity contribution in [2.45, 2.75) is 21.6 Å². The summed E-state index contributed by atoms with van der Waals surface area (Å²) in [4.78, 5) is 11.5. The number of carboxylic acids is 1. The zero-order chi connectivity index (χ0) is 19.4. The summed E-state index contributed by atoms with van der Waals surface area (Å²) in [6.45, 7) is 0. The van der Waals surface area contributed by atoms with E-state index in [1.165, 1.54) is 11.8 Å². The van der Waals surface area contributed by atoms with Gasteiger partial charge < -0.3 is 9.67 Å². The maximum absolute atomic E-state index is 12.5. The van der Waals surface area contributed by atoms with E-state index in [1.54, 1.807) is 66.2 Å². The fourth-order valence-corrected chi connectivity index (χ4v) is 4.74. The van der Waals surface area contributed by atoms with Crippen molar-refractivity contribution in [2.24, 2.45) is 7.05 Å². The average molecular weight is 403 g/mol. The zero-order valence-electron chi connectivity index (χ0n) is 14.4. The number of aromatic carboxylic acids is 1. The Morgan fingerprint density at radius 1 is 1.07 bits per heavy atom. The van der Waals surface area contributed by atoms with E-state index in [1.807, 2.05) is 0 Å². The molecule has 0 aliphatic carbocycles. The lowest BCUT2D eigenvalue weighted by Gasteiger charge is -2.07. The lowest BCUT2D eigenvalue weighted by molar-refractivity contribution is 0.0696. The van der Waals surface area contributed by atoms with Crippen LogP contribution >= 0.6 is 11.8 Å². The Hall–Kier alpha value is -2.65. The number of hydrogen-bond acceptors (Lipinski definition) is 6. The van der Waals surface area contributed by atoms with Crippen molar-refractivity contribution in [2.75, 3.05) is 0 Å². The van der Waals surface area contributed by atoms with Gasteiger partial charge in [-0.3, -0.25) is 0 Å². The van der Waals surface area contributed by atoms with Crippen molar-refractivity contribution in [3.63, 3.8) is 0 Å². The average Bonchev–Trinajstić information content (AvgIpc) is 3.00. The van der Waals surface area contributed by atoms with E-state index in [-0.39, 0.29) is 16.2 Å². The van der Waals surface area contributed by atoms with Gasteiger partial charge in [0, 0.05) is 12.8 Å². The summed E-state index contributed by atoms with van der Waals surface area (Å²) in [6.07, 6.45) is 0. The van der Waals surface area contributed by atoms with Crippen LogP contribution in [0.3, 0.4) is 0 Å². The first-order chi connectivity index (χ1) is 12.9. The Kier molecular flexibility index (Phi) is 5.62. The monoisotopic (exact) mass is 403 g/mol. The van der Waals surface area contributed by atoms with Gasteiger partial charge >= 0.3 is 5.97 Å². The Labute approximate surface area is 161 Å². The number of aromatic nitrogens is 3. The van der Waals surface area contributed by atoms with Gasteiger partial charge in [0.1, 0.15) is 11.6 Å². The van der Waals surface area contributed by atoms with Crippen LogP contribution in [0.25, 0.3) is 0 Å². The molecule has 0 aliphatic rings. The molecule has 0 bridgehead atoms. The molecule has 9 heteroatoms. The van der Waals surface area contributed by atoms with Crippen LogP contribution in [0, 0.1) is 0 Å². The molecule has 0 aliphatic heterocycles. The van der Waals surface area contributed by atoms with Gasteiger partial charge in [0.15, 0.2) is 15.0 Å². The third-order valence-electron chi connectivity index (χ3n) is 3.95. The minimum absolute atomic E-state index is 0.234. The number of hydrogen-bond donors (Lipinski definition) is 1. The number of carbonyl (C=O) groups is 1. The van der Waals surface area contributed by atoms with Gasteiger partial charge in [0.05, 0.1) is 10.5 Å². The molecule has 0 radical (unpaired) electrons. The number of sulfone groups is 1. The molecule has 0 saturated carbocycles. The molecule has 1 aromatic heterocycles. The summed E-state index contributed by atoms with van der Waals surface area (Å²) in [5.41, 5.74) is 0.899. The van der Waals surface area contributed by atoms with Crippen molar-refractivity contribution in [3.8, 4) is 0 Å².